The van der Waals surface area contributed by atoms with Gasteiger partial charge in [-0.3, -0.25) is 9.59 Å². The standard InChI is InChI=1S/C16H23N3O4S/c1-24-8-7-13(16(22)23)17-14(20)10-19-15(21)9-11-5-3-2-4-6-12(11)18-19/h9,13H,2-8,10H2,1H3,(H,17,20)(H,22,23). The Kier molecular flexibility index (Phi) is 6.84. The highest BCUT2D eigenvalue weighted by Crippen LogP contribution is 2.16. The first-order valence-corrected chi connectivity index (χ1v) is 9.51. The number of nitrogens with zero attached hydrogens (tertiary/aromatic N) is 2. The third-order valence-corrected chi connectivity index (χ3v) is 4.71. The number of carboxylic acid groups (broad SMARTS) is 1. The molecule has 1 aromatic rings. The van der Waals surface area contributed by atoms with Crippen LogP contribution in [0.5, 0.6) is 0 Å². The predicted octanol–water partition coefficient (Wildman–Crippen LogP) is 0.835. The number of rotatable bonds is 7. The Morgan fingerprint density at radius 3 is 2.83 bits per heavy atom. The predicted molar refractivity (Wildman–Crippen MR) is 92.3 cm³/mol. The summed E-state index contributed by atoms with van der Waals surface area (Å²) < 4.78 is 1.13. The van der Waals surface area contributed by atoms with Crippen molar-refractivity contribution in [2.24, 2.45) is 0 Å². The summed E-state index contributed by atoms with van der Waals surface area (Å²) in [5, 5.41) is 15.9. The zero-order chi connectivity index (χ0) is 17.5. The monoisotopic (exact) mass is 353 g/mol. The van der Waals surface area contributed by atoms with E-state index < -0.39 is 17.9 Å². The molecule has 1 aromatic heterocycles. The number of hydrogen-bond acceptors (Lipinski definition) is 5. The van der Waals surface area contributed by atoms with Crippen molar-refractivity contribution in [2.45, 2.75) is 51.1 Å². The third-order valence-electron chi connectivity index (χ3n) is 4.06. The average molecular weight is 353 g/mol. The number of nitrogens with one attached hydrogen (secondary N) is 1. The molecule has 8 heteroatoms. The molecule has 0 radical (unpaired) electrons. The van der Waals surface area contributed by atoms with Crippen molar-refractivity contribution in [2.75, 3.05) is 12.0 Å². The minimum atomic E-state index is -1.07. The molecule has 24 heavy (non-hydrogen) atoms. The summed E-state index contributed by atoms with van der Waals surface area (Å²) in [4.78, 5) is 35.4. The topological polar surface area (TPSA) is 101 Å². The van der Waals surface area contributed by atoms with Crippen molar-refractivity contribution in [1.29, 1.82) is 0 Å². The number of amides is 1. The molecule has 1 atom stereocenters. The van der Waals surface area contributed by atoms with Gasteiger partial charge in [-0.1, -0.05) is 6.42 Å². The van der Waals surface area contributed by atoms with Gasteiger partial charge < -0.3 is 10.4 Å². The molecule has 7 nitrogen and oxygen atoms in total. The van der Waals surface area contributed by atoms with Crippen LogP contribution < -0.4 is 10.9 Å². The van der Waals surface area contributed by atoms with Crippen LogP contribution in [0, 0.1) is 0 Å². The molecule has 0 fully saturated rings. The van der Waals surface area contributed by atoms with Gasteiger partial charge in [-0.25, -0.2) is 9.48 Å². The summed E-state index contributed by atoms with van der Waals surface area (Å²) in [6.07, 6.45) is 7.06. The minimum absolute atomic E-state index is 0.255. The maximum absolute atomic E-state index is 12.1. The van der Waals surface area contributed by atoms with Crippen molar-refractivity contribution in [1.82, 2.24) is 15.1 Å². The summed E-state index contributed by atoms with van der Waals surface area (Å²) in [5.41, 5.74) is 1.52. The van der Waals surface area contributed by atoms with E-state index in [2.05, 4.69) is 10.4 Å². The van der Waals surface area contributed by atoms with Gasteiger partial charge in [0.2, 0.25) is 5.91 Å². The number of aromatic nitrogens is 2. The number of carbonyl (C=O) groups excluding carboxylic acids is 1. The summed E-state index contributed by atoms with van der Waals surface area (Å²) >= 11 is 1.52. The second-order valence-corrected chi connectivity index (χ2v) is 6.90. The molecule has 1 unspecified atom stereocenters. The second kappa shape index (κ2) is 8.86. The van der Waals surface area contributed by atoms with E-state index in [0.29, 0.717) is 12.2 Å². The summed E-state index contributed by atoms with van der Waals surface area (Å²) in [6, 6.07) is 0.616. The lowest BCUT2D eigenvalue weighted by molar-refractivity contribution is -0.142. The molecular formula is C16H23N3O4S. The molecule has 0 aliphatic heterocycles. The number of thioether (sulfide) groups is 1. The molecule has 1 aliphatic carbocycles. The minimum Gasteiger partial charge on any atom is -0.480 e. The Bertz CT molecular complexity index is 659. The van der Waals surface area contributed by atoms with Crippen LogP contribution in [-0.2, 0) is 29.0 Å². The number of aliphatic carboxylic acids is 1. The summed E-state index contributed by atoms with van der Waals surface area (Å²) in [6.45, 7) is -0.255. The van der Waals surface area contributed by atoms with Crippen molar-refractivity contribution >= 4 is 23.6 Å². The number of carbonyl (C=O) groups is 2. The van der Waals surface area contributed by atoms with Crippen molar-refractivity contribution < 1.29 is 14.7 Å². The number of carboxylic acids is 1. The molecule has 0 saturated carbocycles. The lowest BCUT2D eigenvalue weighted by Gasteiger charge is -2.15. The van der Waals surface area contributed by atoms with E-state index in [4.69, 9.17) is 5.11 Å². The second-order valence-electron chi connectivity index (χ2n) is 5.91. The van der Waals surface area contributed by atoms with Crippen LogP contribution in [0.1, 0.15) is 36.9 Å². The molecule has 2 rings (SSSR count). The lowest BCUT2D eigenvalue weighted by atomic mass is 10.1. The largest absolute Gasteiger partial charge is 0.480 e. The first-order chi connectivity index (χ1) is 11.5. The fraction of sp³-hybridized carbons (Fsp3) is 0.625. The third kappa shape index (κ3) is 5.09. The first kappa shape index (κ1) is 18.5. The number of hydrogen-bond donors (Lipinski definition) is 2. The molecule has 1 amide bonds. The van der Waals surface area contributed by atoms with Gasteiger partial charge in [0.15, 0.2) is 0 Å². The Balaban J connectivity index is 2.07. The number of fused-ring (bicyclic) bond motifs is 1. The van der Waals surface area contributed by atoms with Gasteiger partial charge in [0.25, 0.3) is 5.56 Å². The van der Waals surface area contributed by atoms with Gasteiger partial charge in [-0.2, -0.15) is 16.9 Å². The van der Waals surface area contributed by atoms with E-state index in [9.17, 15) is 14.4 Å². The fourth-order valence-electron chi connectivity index (χ4n) is 2.76. The fourth-order valence-corrected chi connectivity index (χ4v) is 3.23. The van der Waals surface area contributed by atoms with Gasteiger partial charge in [0.1, 0.15) is 12.6 Å². The van der Waals surface area contributed by atoms with Crippen LogP contribution in [0.3, 0.4) is 0 Å². The Hall–Kier alpha value is -1.83. The maximum Gasteiger partial charge on any atom is 0.326 e. The van der Waals surface area contributed by atoms with E-state index in [1.807, 2.05) is 6.26 Å². The van der Waals surface area contributed by atoms with E-state index in [-0.39, 0.29) is 12.1 Å². The molecule has 2 N–H and O–H groups in total. The van der Waals surface area contributed by atoms with Crippen LogP contribution in [0.15, 0.2) is 10.9 Å². The van der Waals surface area contributed by atoms with Crippen LogP contribution in [0.2, 0.25) is 0 Å². The molecule has 0 aromatic carbocycles. The van der Waals surface area contributed by atoms with Crippen LogP contribution >= 0.6 is 11.8 Å². The average Bonchev–Trinajstić information content (AvgIpc) is 2.76. The van der Waals surface area contributed by atoms with Gasteiger partial charge in [0, 0.05) is 6.07 Å². The lowest BCUT2D eigenvalue weighted by Crippen LogP contribution is -2.44. The van der Waals surface area contributed by atoms with Crippen molar-refractivity contribution in [3.8, 4) is 0 Å². The molecule has 0 spiro atoms. The zero-order valence-corrected chi connectivity index (χ0v) is 14.6. The van der Waals surface area contributed by atoms with E-state index in [1.165, 1.54) is 11.8 Å². The van der Waals surface area contributed by atoms with Gasteiger partial charge >= 0.3 is 5.97 Å². The molecule has 132 valence electrons. The zero-order valence-electron chi connectivity index (χ0n) is 13.8. The van der Waals surface area contributed by atoms with E-state index in [0.717, 1.165) is 48.0 Å². The molecule has 1 aliphatic rings. The molecule has 1 heterocycles. The highest BCUT2D eigenvalue weighted by Gasteiger charge is 2.20. The highest BCUT2D eigenvalue weighted by atomic mass is 32.2. The Labute approximate surface area is 144 Å². The highest BCUT2D eigenvalue weighted by molar-refractivity contribution is 7.98. The van der Waals surface area contributed by atoms with E-state index >= 15 is 0 Å². The van der Waals surface area contributed by atoms with Gasteiger partial charge in [-0.15, -0.1) is 0 Å². The van der Waals surface area contributed by atoms with Crippen molar-refractivity contribution in [3.63, 3.8) is 0 Å². The van der Waals surface area contributed by atoms with Gasteiger partial charge in [-0.05, 0) is 49.7 Å². The van der Waals surface area contributed by atoms with Crippen LogP contribution in [-0.4, -0.2) is 44.8 Å². The Morgan fingerprint density at radius 1 is 1.38 bits per heavy atom. The maximum atomic E-state index is 12.1. The van der Waals surface area contributed by atoms with Crippen LogP contribution in [0.25, 0.3) is 0 Å². The molecule has 0 saturated heterocycles. The molecule has 0 bridgehead atoms. The Morgan fingerprint density at radius 2 is 2.12 bits per heavy atom. The quantitative estimate of drug-likeness (QED) is 0.704. The van der Waals surface area contributed by atoms with Crippen LogP contribution in [0.4, 0.5) is 0 Å². The SMILES string of the molecule is CSCCC(NC(=O)Cn1nc2c(cc1=O)CCCCC2)C(=O)O. The van der Waals surface area contributed by atoms with E-state index in [1.54, 1.807) is 6.07 Å². The molecular weight excluding hydrogens is 330 g/mol. The van der Waals surface area contributed by atoms with Crippen molar-refractivity contribution in [3.05, 3.63) is 27.7 Å². The normalized spacial score (nSPS) is 15.2. The first-order valence-electron chi connectivity index (χ1n) is 8.12. The summed E-state index contributed by atoms with van der Waals surface area (Å²) in [7, 11) is 0. The smallest absolute Gasteiger partial charge is 0.326 e. The number of aryl methyl sites for hydroxylation is 2. The van der Waals surface area contributed by atoms with Gasteiger partial charge in [0.05, 0.1) is 5.69 Å². The summed E-state index contributed by atoms with van der Waals surface area (Å²) in [5.74, 6) is -0.944.